The summed E-state index contributed by atoms with van der Waals surface area (Å²) in [5.41, 5.74) is 7.17. The number of hydrogen-bond acceptors (Lipinski definition) is 2. The van der Waals surface area contributed by atoms with E-state index in [0.717, 1.165) is 23.5 Å². The van der Waals surface area contributed by atoms with Gasteiger partial charge in [-0.15, -0.1) is 0 Å². The molecule has 110 valence electrons. The lowest BCUT2D eigenvalue weighted by Gasteiger charge is -2.23. The van der Waals surface area contributed by atoms with Crippen molar-refractivity contribution in [2.75, 3.05) is 13.2 Å². The third-order valence-electron chi connectivity index (χ3n) is 3.90. The molecule has 0 atom stereocenters. The molecule has 3 rings (SSSR count). The van der Waals surface area contributed by atoms with Gasteiger partial charge < -0.3 is 9.47 Å². The maximum Gasteiger partial charge on any atom is 0.133 e. The van der Waals surface area contributed by atoms with Gasteiger partial charge in [0.1, 0.15) is 11.5 Å². The van der Waals surface area contributed by atoms with Crippen LogP contribution >= 0.6 is 0 Å². The lowest BCUT2D eigenvalue weighted by molar-refractivity contribution is 0.233. The first-order valence-corrected chi connectivity index (χ1v) is 7.54. The Labute approximate surface area is 126 Å². The van der Waals surface area contributed by atoms with Crippen LogP contribution in [0.1, 0.15) is 28.7 Å². The molecule has 2 nitrogen and oxygen atoms in total. The first-order chi connectivity index (χ1) is 10.1. The maximum atomic E-state index is 6.06. The van der Waals surface area contributed by atoms with Crippen molar-refractivity contribution >= 4 is 0 Å². The van der Waals surface area contributed by atoms with Gasteiger partial charge in [0.2, 0.25) is 0 Å². The van der Waals surface area contributed by atoms with Gasteiger partial charge in [-0.25, -0.2) is 0 Å². The highest BCUT2D eigenvalue weighted by molar-refractivity contribution is 5.80. The summed E-state index contributed by atoms with van der Waals surface area (Å²) in [6, 6.07) is 8.77. The van der Waals surface area contributed by atoms with Crippen molar-refractivity contribution in [1.82, 2.24) is 0 Å². The van der Waals surface area contributed by atoms with Gasteiger partial charge in [-0.1, -0.05) is 29.3 Å². The molecule has 21 heavy (non-hydrogen) atoms. The van der Waals surface area contributed by atoms with Gasteiger partial charge in [-0.3, -0.25) is 0 Å². The fourth-order valence-corrected chi connectivity index (χ4v) is 3.11. The van der Waals surface area contributed by atoms with E-state index in [9.17, 15) is 0 Å². The Balaban J connectivity index is 2.30. The Hall–Kier alpha value is -1.96. The van der Waals surface area contributed by atoms with Gasteiger partial charge in [0.25, 0.3) is 0 Å². The quantitative estimate of drug-likeness (QED) is 0.751. The summed E-state index contributed by atoms with van der Waals surface area (Å²) in [6.07, 6.45) is 0.924. The van der Waals surface area contributed by atoms with E-state index in [-0.39, 0.29) is 0 Å². The highest BCUT2D eigenvalue weighted by Gasteiger charge is 2.21. The molecule has 2 aromatic carbocycles. The fraction of sp³-hybridized carbons (Fsp3) is 0.368. The van der Waals surface area contributed by atoms with Gasteiger partial charge in [0.05, 0.1) is 18.8 Å². The van der Waals surface area contributed by atoms with Gasteiger partial charge in [-0.05, 0) is 50.5 Å². The summed E-state index contributed by atoms with van der Waals surface area (Å²) in [4.78, 5) is 0. The zero-order valence-electron chi connectivity index (χ0n) is 13.2. The summed E-state index contributed by atoms with van der Waals surface area (Å²) >= 11 is 0. The second-order valence-electron chi connectivity index (χ2n) is 5.97. The Bertz CT molecular complexity index is 636. The van der Waals surface area contributed by atoms with Gasteiger partial charge in [0.15, 0.2) is 0 Å². The predicted molar refractivity (Wildman–Crippen MR) is 86.4 cm³/mol. The minimum atomic E-state index is 0.709. The first kappa shape index (κ1) is 14.0. The van der Waals surface area contributed by atoms with Crippen LogP contribution in [0.4, 0.5) is 0 Å². The monoisotopic (exact) mass is 282 g/mol. The van der Waals surface area contributed by atoms with Crippen LogP contribution in [0.3, 0.4) is 0 Å². The second-order valence-corrected chi connectivity index (χ2v) is 5.97. The molecule has 0 spiro atoms. The van der Waals surface area contributed by atoms with Crippen LogP contribution in [0.5, 0.6) is 11.5 Å². The van der Waals surface area contributed by atoms with Crippen molar-refractivity contribution in [1.29, 1.82) is 0 Å². The average molecular weight is 282 g/mol. The molecule has 0 aromatic heterocycles. The van der Waals surface area contributed by atoms with Crippen molar-refractivity contribution in [3.8, 4) is 22.6 Å². The van der Waals surface area contributed by atoms with Crippen LogP contribution in [-0.2, 0) is 0 Å². The third kappa shape index (κ3) is 2.63. The van der Waals surface area contributed by atoms with Gasteiger partial charge in [-0.2, -0.15) is 0 Å². The van der Waals surface area contributed by atoms with Gasteiger partial charge in [0, 0.05) is 6.42 Å². The molecule has 2 bridgehead atoms. The third-order valence-corrected chi connectivity index (χ3v) is 3.90. The van der Waals surface area contributed by atoms with Crippen LogP contribution in [0, 0.1) is 27.7 Å². The standard InChI is InChI=1S/C19H22O2/c1-12-8-13(2)10-16(9-12)17-18-14(3)11-15(4)19(17)21-7-5-6-20-18/h8-11H,5-7H2,1-4H3. The lowest BCUT2D eigenvalue weighted by Crippen LogP contribution is -2.12. The van der Waals surface area contributed by atoms with E-state index in [1.54, 1.807) is 0 Å². The minimum Gasteiger partial charge on any atom is -0.492 e. The summed E-state index contributed by atoms with van der Waals surface area (Å²) in [5, 5.41) is 0. The van der Waals surface area contributed by atoms with E-state index in [1.807, 2.05) is 0 Å². The molecular formula is C19H22O2. The van der Waals surface area contributed by atoms with Gasteiger partial charge >= 0.3 is 0 Å². The van der Waals surface area contributed by atoms with E-state index in [2.05, 4.69) is 52.0 Å². The predicted octanol–water partition coefficient (Wildman–Crippen LogP) is 4.75. The summed E-state index contributed by atoms with van der Waals surface area (Å²) in [5.74, 6) is 1.95. The van der Waals surface area contributed by atoms with Crippen molar-refractivity contribution in [3.05, 3.63) is 46.5 Å². The van der Waals surface area contributed by atoms with Crippen LogP contribution < -0.4 is 9.47 Å². The zero-order chi connectivity index (χ0) is 15.0. The number of fused-ring (bicyclic) bond motifs is 2. The number of ether oxygens (including phenoxy) is 2. The van der Waals surface area contributed by atoms with Crippen LogP contribution in [0.25, 0.3) is 11.1 Å². The molecular weight excluding hydrogens is 260 g/mol. The topological polar surface area (TPSA) is 18.5 Å². The molecule has 0 radical (unpaired) electrons. The molecule has 2 heteroatoms. The second kappa shape index (κ2) is 5.44. The fourth-order valence-electron chi connectivity index (χ4n) is 3.11. The maximum absolute atomic E-state index is 6.06. The highest BCUT2D eigenvalue weighted by Crippen LogP contribution is 2.44. The van der Waals surface area contributed by atoms with E-state index in [1.165, 1.54) is 27.8 Å². The normalized spacial score (nSPS) is 13.9. The lowest BCUT2D eigenvalue weighted by atomic mass is 9.94. The molecule has 0 saturated carbocycles. The molecule has 0 amide bonds. The zero-order valence-corrected chi connectivity index (χ0v) is 13.2. The SMILES string of the molecule is Cc1cc(C)cc(-c2c3c(C)cc(C)c2OCCCO3)c1. The molecule has 0 saturated heterocycles. The molecule has 0 N–H and O–H groups in total. The Kier molecular flexibility index (Phi) is 3.62. The first-order valence-electron chi connectivity index (χ1n) is 7.54. The van der Waals surface area contributed by atoms with Crippen LogP contribution in [-0.4, -0.2) is 13.2 Å². The van der Waals surface area contributed by atoms with Crippen molar-refractivity contribution < 1.29 is 9.47 Å². The molecule has 2 aromatic rings. The summed E-state index contributed by atoms with van der Waals surface area (Å²) in [7, 11) is 0. The van der Waals surface area contributed by atoms with Crippen LogP contribution in [0.15, 0.2) is 24.3 Å². The van der Waals surface area contributed by atoms with E-state index in [4.69, 9.17) is 9.47 Å². The number of rotatable bonds is 1. The summed E-state index contributed by atoms with van der Waals surface area (Å²) < 4.78 is 12.1. The highest BCUT2D eigenvalue weighted by atomic mass is 16.5. The molecule has 0 unspecified atom stereocenters. The number of benzene rings is 2. The largest absolute Gasteiger partial charge is 0.492 e. The molecule has 1 aliphatic rings. The minimum absolute atomic E-state index is 0.709. The van der Waals surface area contributed by atoms with E-state index in [0.29, 0.717) is 13.2 Å². The van der Waals surface area contributed by atoms with Crippen molar-refractivity contribution in [2.45, 2.75) is 34.1 Å². The average Bonchev–Trinajstić information content (AvgIpc) is 2.36. The molecule has 0 fully saturated rings. The number of hydrogen-bond donors (Lipinski definition) is 0. The van der Waals surface area contributed by atoms with Crippen molar-refractivity contribution in [2.24, 2.45) is 0 Å². The van der Waals surface area contributed by atoms with E-state index < -0.39 is 0 Å². The van der Waals surface area contributed by atoms with E-state index >= 15 is 0 Å². The summed E-state index contributed by atoms with van der Waals surface area (Å²) in [6.45, 7) is 9.90. The Morgan fingerprint density at radius 1 is 0.714 bits per heavy atom. The molecule has 0 aliphatic carbocycles. The smallest absolute Gasteiger partial charge is 0.133 e. The van der Waals surface area contributed by atoms with Crippen LogP contribution in [0.2, 0.25) is 0 Å². The Morgan fingerprint density at radius 2 is 1.24 bits per heavy atom. The molecule has 1 aliphatic heterocycles. The number of aryl methyl sites for hydroxylation is 4. The van der Waals surface area contributed by atoms with Crippen molar-refractivity contribution in [3.63, 3.8) is 0 Å². The molecule has 1 heterocycles. The Morgan fingerprint density at radius 3 is 1.76 bits per heavy atom.